The molecule has 82 valence electrons. The van der Waals surface area contributed by atoms with E-state index in [9.17, 15) is 4.79 Å². The van der Waals surface area contributed by atoms with Gasteiger partial charge < -0.3 is 11.1 Å². The highest BCUT2D eigenvalue weighted by Gasteiger charge is 2.23. The van der Waals surface area contributed by atoms with E-state index >= 15 is 0 Å². The largest absolute Gasteiger partial charge is 0.352 e. The van der Waals surface area contributed by atoms with Gasteiger partial charge in [0.05, 0.1) is 6.54 Å². The smallest absolute Gasteiger partial charge is 0.234 e. The van der Waals surface area contributed by atoms with Crippen molar-refractivity contribution in [2.24, 2.45) is 5.73 Å². The molecule has 1 aliphatic rings. The van der Waals surface area contributed by atoms with Gasteiger partial charge in [0.25, 0.3) is 0 Å². The lowest BCUT2D eigenvalue weighted by molar-refractivity contribution is -0.122. The van der Waals surface area contributed by atoms with E-state index in [1.165, 1.54) is 0 Å². The topological polar surface area (TPSA) is 58.4 Å². The molecule has 1 amide bonds. The zero-order valence-electron chi connectivity index (χ0n) is 8.96. The fourth-order valence-electron chi connectivity index (χ4n) is 1.35. The first-order valence-corrected chi connectivity index (χ1v) is 5.40. The predicted octanol–water partition coefficient (Wildman–Crippen LogP) is -0.0643. The second-order valence-corrected chi connectivity index (χ2v) is 4.08. The molecule has 1 fully saturated rings. The summed E-state index contributed by atoms with van der Waals surface area (Å²) in [6, 6.07) is 0.472. The lowest BCUT2D eigenvalue weighted by Gasteiger charge is -2.15. The van der Waals surface area contributed by atoms with Gasteiger partial charge in [-0.1, -0.05) is 0 Å². The van der Waals surface area contributed by atoms with Crippen LogP contribution in [-0.2, 0) is 4.79 Å². The number of carbonyl (C=O) groups is 1. The average molecular weight is 199 g/mol. The van der Waals surface area contributed by atoms with Gasteiger partial charge in [-0.2, -0.15) is 0 Å². The summed E-state index contributed by atoms with van der Waals surface area (Å²) in [5.41, 5.74) is 5.39. The molecule has 0 aromatic carbocycles. The van der Waals surface area contributed by atoms with Crippen LogP contribution in [-0.4, -0.2) is 43.5 Å². The van der Waals surface area contributed by atoms with E-state index in [2.05, 4.69) is 5.32 Å². The van der Waals surface area contributed by atoms with Gasteiger partial charge >= 0.3 is 0 Å². The van der Waals surface area contributed by atoms with Crippen LogP contribution < -0.4 is 11.1 Å². The number of unbranched alkanes of at least 4 members (excludes halogenated alkanes) is 1. The second-order valence-electron chi connectivity index (χ2n) is 4.08. The van der Waals surface area contributed by atoms with E-state index in [0.29, 0.717) is 12.6 Å². The number of likely N-dealkylation sites (N-methyl/N-ethyl adjacent to an activating group) is 1. The van der Waals surface area contributed by atoms with Crippen molar-refractivity contribution in [2.75, 3.05) is 26.7 Å². The monoisotopic (exact) mass is 199 g/mol. The Morgan fingerprint density at radius 3 is 2.79 bits per heavy atom. The molecular weight excluding hydrogens is 178 g/mol. The molecule has 3 N–H and O–H groups in total. The Bertz CT molecular complexity index is 180. The van der Waals surface area contributed by atoms with E-state index in [0.717, 1.165) is 38.8 Å². The highest BCUT2D eigenvalue weighted by atomic mass is 16.2. The van der Waals surface area contributed by atoms with Crippen LogP contribution >= 0.6 is 0 Å². The highest BCUT2D eigenvalue weighted by Crippen LogP contribution is 2.18. The van der Waals surface area contributed by atoms with Crippen molar-refractivity contribution in [2.45, 2.75) is 31.7 Å². The van der Waals surface area contributed by atoms with Gasteiger partial charge in [-0.25, -0.2) is 0 Å². The molecule has 0 spiro atoms. The fourth-order valence-corrected chi connectivity index (χ4v) is 1.35. The minimum atomic E-state index is 0.155. The standard InChI is InChI=1S/C10H21N3O/c1-13(7-3-2-6-11)8-10(14)12-9-4-5-9/h9H,2-8,11H2,1H3,(H,12,14). The number of nitrogens with zero attached hydrogens (tertiary/aromatic N) is 1. The summed E-state index contributed by atoms with van der Waals surface area (Å²) >= 11 is 0. The van der Waals surface area contributed by atoms with Crippen LogP contribution in [0.4, 0.5) is 0 Å². The first-order valence-electron chi connectivity index (χ1n) is 5.40. The highest BCUT2D eigenvalue weighted by molar-refractivity contribution is 5.78. The summed E-state index contributed by atoms with van der Waals surface area (Å²) in [5, 5.41) is 2.97. The third-order valence-electron chi connectivity index (χ3n) is 2.35. The van der Waals surface area contributed by atoms with Crippen molar-refractivity contribution in [3.63, 3.8) is 0 Å². The number of amides is 1. The zero-order chi connectivity index (χ0) is 10.4. The Balaban J connectivity index is 1.99. The summed E-state index contributed by atoms with van der Waals surface area (Å²) in [5.74, 6) is 0.155. The van der Waals surface area contributed by atoms with Crippen molar-refractivity contribution in [1.29, 1.82) is 0 Å². The summed E-state index contributed by atoms with van der Waals surface area (Å²) < 4.78 is 0. The third kappa shape index (κ3) is 5.19. The first-order chi connectivity index (χ1) is 6.72. The minimum Gasteiger partial charge on any atom is -0.352 e. The van der Waals surface area contributed by atoms with E-state index < -0.39 is 0 Å². The molecule has 4 nitrogen and oxygen atoms in total. The summed E-state index contributed by atoms with van der Waals surface area (Å²) in [7, 11) is 1.98. The van der Waals surface area contributed by atoms with Gasteiger partial charge in [-0.3, -0.25) is 9.69 Å². The van der Waals surface area contributed by atoms with Gasteiger partial charge in [0.15, 0.2) is 0 Å². The van der Waals surface area contributed by atoms with Crippen molar-refractivity contribution >= 4 is 5.91 Å². The van der Waals surface area contributed by atoms with Crippen LogP contribution in [0.15, 0.2) is 0 Å². The molecule has 1 aliphatic carbocycles. The summed E-state index contributed by atoms with van der Waals surface area (Å²) in [4.78, 5) is 13.4. The first kappa shape index (κ1) is 11.5. The minimum absolute atomic E-state index is 0.155. The van der Waals surface area contributed by atoms with Gasteiger partial charge in [-0.05, 0) is 45.8 Å². The van der Waals surface area contributed by atoms with E-state index in [1.54, 1.807) is 0 Å². The number of carbonyl (C=O) groups excluding carboxylic acids is 1. The molecule has 0 bridgehead atoms. The van der Waals surface area contributed by atoms with Crippen LogP contribution in [0.25, 0.3) is 0 Å². The molecule has 0 aliphatic heterocycles. The quantitative estimate of drug-likeness (QED) is 0.565. The zero-order valence-corrected chi connectivity index (χ0v) is 8.96. The van der Waals surface area contributed by atoms with Crippen molar-refractivity contribution in [1.82, 2.24) is 10.2 Å². The van der Waals surface area contributed by atoms with E-state index in [1.807, 2.05) is 11.9 Å². The average Bonchev–Trinajstić information content (AvgIpc) is 2.88. The fraction of sp³-hybridized carbons (Fsp3) is 0.900. The molecule has 0 saturated heterocycles. The number of nitrogens with two attached hydrogens (primary N) is 1. The Morgan fingerprint density at radius 2 is 2.21 bits per heavy atom. The number of rotatable bonds is 7. The van der Waals surface area contributed by atoms with Crippen molar-refractivity contribution in [3.05, 3.63) is 0 Å². The molecule has 0 heterocycles. The lowest BCUT2D eigenvalue weighted by atomic mass is 10.3. The van der Waals surface area contributed by atoms with Crippen LogP contribution in [0.2, 0.25) is 0 Å². The molecular formula is C10H21N3O. The van der Waals surface area contributed by atoms with Crippen LogP contribution in [0.1, 0.15) is 25.7 Å². The van der Waals surface area contributed by atoms with Gasteiger partial charge in [-0.15, -0.1) is 0 Å². The number of nitrogens with one attached hydrogen (secondary N) is 1. The molecule has 0 unspecified atom stereocenters. The Hall–Kier alpha value is -0.610. The Kier molecular flexibility index (Phi) is 4.90. The SMILES string of the molecule is CN(CCCCN)CC(=O)NC1CC1. The second kappa shape index (κ2) is 5.98. The van der Waals surface area contributed by atoms with Crippen molar-refractivity contribution in [3.8, 4) is 0 Å². The van der Waals surface area contributed by atoms with Crippen LogP contribution in [0.5, 0.6) is 0 Å². The van der Waals surface area contributed by atoms with Gasteiger partial charge in [0, 0.05) is 6.04 Å². The molecule has 0 aromatic rings. The van der Waals surface area contributed by atoms with Gasteiger partial charge in [0.2, 0.25) is 5.91 Å². The Morgan fingerprint density at radius 1 is 1.50 bits per heavy atom. The maximum atomic E-state index is 11.4. The molecule has 0 atom stereocenters. The Labute approximate surface area is 85.8 Å². The predicted molar refractivity (Wildman–Crippen MR) is 57.0 cm³/mol. The molecule has 0 radical (unpaired) electrons. The summed E-state index contributed by atoms with van der Waals surface area (Å²) in [6.45, 7) is 2.21. The number of hydrogen-bond acceptors (Lipinski definition) is 3. The van der Waals surface area contributed by atoms with Crippen LogP contribution in [0.3, 0.4) is 0 Å². The molecule has 4 heteroatoms. The lowest BCUT2D eigenvalue weighted by Crippen LogP contribution is -2.36. The van der Waals surface area contributed by atoms with E-state index in [-0.39, 0.29) is 5.91 Å². The molecule has 0 aromatic heterocycles. The normalized spacial score (nSPS) is 15.9. The van der Waals surface area contributed by atoms with Crippen molar-refractivity contribution < 1.29 is 4.79 Å². The number of hydrogen-bond donors (Lipinski definition) is 2. The third-order valence-corrected chi connectivity index (χ3v) is 2.35. The summed E-state index contributed by atoms with van der Waals surface area (Å²) in [6.07, 6.45) is 4.42. The molecule has 1 saturated carbocycles. The maximum absolute atomic E-state index is 11.4. The van der Waals surface area contributed by atoms with Crippen LogP contribution in [0, 0.1) is 0 Å². The molecule has 1 rings (SSSR count). The molecule has 14 heavy (non-hydrogen) atoms. The van der Waals surface area contributed by atoms with Gasteiger partial charge in [0.1, 0.15) is 0 Å². The van der Waals surface area contributed by atoms with E-state index in [4.69, 9.17) is 5.73 Å². The maximum Gasteiger partial charge on any atom is 0.234 e.